The molecule has 0 radical (unpaired) electrons. The number of rotatable bonds is 5. The summed E-state index contributed by atoms with van der Waals surface area (Å²) in [6, 6.07) is 14.3. The van der Waals surface area contributed by atoms with Crippen molar-refractivity contribution in [3.8, 4) is 17.0 Å². The summed E-state index contributed by atoms with van der Waals surface area (Å²) in [7, 11) is -2.33. The van der Waals surface area contributed by atoms with Gasteiger partial charge in [0.15, 0.2) is 0 Å². The minimum absolute atomic E-state index is 0.0539. The third-order valence-corrected chi connectivity index (χ3v) is 5.37. The molecule has 0 aliphatic carbocycles. The van der Waals surface area contributed by atoms with E-state index in [1.807, 2.05) is 0 Å². The summed E-state index contributed by atoms with van der Waals surface area (Å²) < 4.78 is 33.0. The quantitative estimate of drug-likeness (QED) is 0.641. The van der Waals surface area contributed by atoms with Gasteiger partial charge in [-0.2, -0.15) is 0 Å². The molecule has 1 aromatic heterocycles. The van der Waals surface area contributed by atoms with Gasteiger partial charge in [0.2, 0.25) is 5.95 Å². The van der Waals surface area contributed by atoms with Crippen LogP contribution < -0.4 is 15.0 Å². The van der Waals surface area contributed by atoms with E-state index in [1.165, 1.54) is 18.2 Å². The van der Waals surface area contributed by atoms with Crippen LogP contribution in [0.25, 0.3) is 11.3 Å². The van der Waals surface area contributed by atoms with Crippen LogP contribution in [0.5, 0.6) is 5.75 Å². The summed E-state index contributed by atoms with van der Waals surface area (Å²) in [6.45, 7) is 0. The first kappa shape index (κ1) is 18.2. The van der Waals surface area contributed by atoms with Crippen molar-refractivity contribution in [3.05, 3.63) is 69.4 Å². The average molecular weight is 436 g/mol. The topological polar surface area (TPSA) is 101 Å². The maximum atomic E-state index is 12.5. The van der Waals surface area contributed by atoms with E-state index in [1.54, 1.807) is 43.5 Å². The molecule has 0 amide bonds. The average Bonchev–Trinajstić information content (AvgIpc) is 2.61. The van der Waals surface area contributed by atoms with Crippen LogP contribution in [0, 0.1) is 0 Å². The monoisotopic (exact) mass is 435 g/mol. The van der Waals surface area contributed by atoms with Gasteiger partial charge >= 0.3 is 0 Å². The van der Waals surface area contributed by atoms with Gasteiger partial charge in [0, 0.05) is 16.1 Å². The number of ether oxygens (including phenoxy) is 1. The second-order valence-corrected chi connectivity index (χ2v) is 7.87. The molecule has 0 atom stereocenters. The van der Waals surface area contributed by atoms with E-state index < -0.39 is 15.6 Å². The van der Waals surface area contributed by atoms with Crippen molar-refractivity contribution in [2.75, 3.05) is 11.8 Å². The Balaban J connectivity index is 1.94. The Morgan fingerprint density at radius 2 is 1.73 bits per heavy atom. The first-order chi connectivity index (χ1) is 12.4. The van der Waals surface area contributed by atoms with Crippen molar-refractivity contribution in [3.63, 3.8) is 0 Å². The molecule has 2 N–H and O–H groups in total. The Bertz CT molecular complexity index is 1080. The highest BCUT2D eigenvalue weighted by atomic mass is 79.9. The minimum atomic E-state index is -3.88. The fraction of sp³-hybridized carbons (Fsp3) is 0.0588. The smallest absolute Gasteiger partial charge is 0.264 e. The molecule has 9 heteroatoms. The first-order valence-electron chi connectivity index (χ1n) is 7.41. The molecule has 0 aliphatic heterocycles. The molecule has 26 heavy (non-hydrogen) atoms. The molecule has 0 bridgehead atoms. The maximum absolute atomic E-state index is 12.5. The highest BCUT2D eigenvalue weighted by molar-refractivity contribution is 9.10. The number of aromatic amines is 1. The maximum Gasteiger partial charge on any atom is 0.264 e. The number of sulfonamides is 1. The van der Waals surface area contributed by atoms with Crippen LogP contribution in [0.3, 0.4) is 0 Å². The number of anilines is 1. The molecule has 134 valence electrons. The Labute approximate surface area is 158 Å². The van der Waals surface area contributed by atoms with E-state index in [9.17, 15) is 13.2 Å². The molecular formula is C17H14BrN3O4S. The Kier molecular flexibility index (Phi) is 5.10. The van der Waals surface area contributed by atoms with Gasteiger partial charge < -0.3 is 4.74 Å². The predicted octanol–water partition coefficient (Wildman–Crippen LogP) is 3.01. The van der Waals surface area contributed by atoms with E-state index in [4.69, 9.17) is 4.74 Å². The number of halogens is 1. The lowest BCUT2D eigenvalue weighted by atomic mass is 10.1. The lowest BCUT2D eigenvalue weighted by molar-refractivity contribution is 0.415. The standard InChI is InChI=1S/C17H14BrN3O4S/c1-25-13-6-2-11(3-7-13)15-10-16(22)20-17(19-15)21-26(23,24)14-8-4-12(18)5-9-14/h2-10H,1H3,(H2,19,20,21,22). The summed E-state index contributed by atoms with van der Waals surface area (Å²) >= 11 is 3.25. The third-order valence-electron chi connectivity index (χ3n) is 3.48. The first-order valence-corrected chi connectivity index (χ1v) is 9.69. The zero-order chi connectivity index (χ0) is 18.7. The summed E-state index contributed by atoms with van der Waals surface area (Å²) in [5, 5.41) is 0. The second-order valence-electron chi connectivity index (χ2n) is 5.27. The van der Waals surface area contributed by atoms with Crippen LogP contribution in [0.4, 0.5) is 5.95 Å². The van der Waals surface area contributed by atoms with Crippen molar-refractivity contribution >= 4 is 31.9 Å². The number of H-pyrrole nitrogens is 1. The second kappa shape index (κ2) is 7.30. The number of nitrogens with zero attached hydrogens (tertiary/aromatic N) is 1. The van der Waals surface area contributed by atoms with Crippen LogP contribution >= 0.6 is 15.9 Å². The molecule has 0 spiro atoms. The molecule has 7 nitrogen and oxygen atoms in total. The number of nitrogens with one attached hydrogen (secondary N) is 2. The van der Waals surface area contributed by atoms with E-state index in [0.717, 1.165) is 4.47 Å². The van der Waals surface area contributed by atoms with E-state index in [0.29, 0.717) is 17.0 Å². The zero-order valence-corrected chi connectivity index (χ0v) is 16.0. The van der Waals surface area contributed by atoms with E-state index in [-0.39, 0.29) is 10.8 Å². The molecule has 0 aliphatic rings. The normalized spacial score (nSPS) is 11.2. The van der Waals surface area contributed by atoms with Gasteiger partial charge in [-0.05, 0) is 48.5 Å². The predicted molar refractivity (Wildman–Crippen MR) is 102 cm³/mol. The van der Waals surface area contributed by atoms with E-state index >= 15 is 0 Å². The Morgan fingerprint density at radius 3 is 2.35 bits per heavy atom. The van der Waals surface area contributed by atoms with Crippen molar-refractivity contribution in [2.24, 2.45) is 0 Å². The van der Waals surface area contributed by atoms with Crippen LogP contribution in [-0.2, 0) is 10.0 Å². The van der Waals surface area contributed by atoms with Crippen LogP contribution in [-0.4, -0.2) is 25.5 Å². The summed E-state index contributed by atoms with van der Waals surface area (Å²) in [6.07, 6.45) is 0. The third kappa shape index (κ3) is 4.12. The number of hydrogen-bond acceptors (Lipinski definition) is 5. The van der Waals surface area contributed by atoms with Gasteiger partial charge in [0.25, 0.3) is 15.6 Å². The molecule has 1 heterocycles. The van der Waals surface area contributed by atoms with Crippen molar-refractivity contribution in [1.82, 2.24) is 9.97 Å². The molecule has 0 fully saturated rings. The fourth-order valence-electron chi connectivity index (χ4n) is 2.22. The molecule has 0 saturated carbocycles. The number of methoxy groups -OCH3 is 1. The lowest BCUT2D eigenvalue weighted by Crippen LogP contribution is -2.18. The summed E-state index contributed by atoms with van der Waals surface area (Å²) in [5.74, 6) is 0.501. The zero-order valence-electron chi connectivity index (χ0n) is 13.6. The van der Waals surface area contributed by atoms with Gasteiger partial charge in [-0.3, -0.25) is 9.78 Å². The molecule has 0 saturated heterocycles. The summed E-state index contributed by atoms with van der Waals surface area (Å²) in [5.41, 5.74) is 0.519. The lowest BCUT2D eigenvalue weighted by Gasteiger charge is -2.09. The molecule has 3 rings (SSSR count). The molecule has 3 aromatic rings. The Hall–Kier alpha value is -2.65. The van der Waals surface area contributed by atoms with Gasteiger partial charge in [0.1, 0.15) is 5.75 Å². The number of aromatic nitrogens is 2. The highest BCUT2D eigenvalue weighted by Gasteiger charge is 2.16. The molecular weight excluding hydrogens is 422 g/mol. The van der Waals surface area contributed by atoms with Crippen molar-refractivity contribution in [2.45, 2.75) is 4.90 Å². The van der Waals surface area contributed by atoms with E-state index in [2.05, 4.69) is 30.6 Å². The van der Waals surface area contributed by atoms with Gasteiger partial charge in [-0.1, -0.05) is 15.9 Å². The Morgan fingerprint density at radius 1 is 1.08 bits per heavy atom. The van der Waals surface area contributed by atoms with Crippen molar-refractivity contribution < 1.29 is 13.2 Å². The minimum Gasteiger partial charge on any atom is -0.497 e. The van der Waals surface area contributed by atoms with Gasteiger partial charge in [-0.25, -0.2) is 18.1 Å². The van der Waals surface area contributed by atoms with Crippen LogP contribution in [0.1, 0.15) is 0 Å². The summed E-state index contributed by atoms with van der Waals surface area (Å²) in [4.78, 5) is 18.5. The number of hydrogen-bond donors (Lipinski definition) is 2. The molecule has 2 aromatic carbocycles. The van der Waals surface area contributed by atoms with Crippen LogP contribution in [0.15, 0.2) is 68.8 Å². The largest absolute Gasteiger partial charge is 0.497 e. The van der Waals surface area contributed by atoms with Crippen molar-refractivity contribution in [1.29, 1.82) is 0 Å². The fourth-order valence-corrected chi connectivity index (χ4v) is 3.44. The SMILES string of the molecule is COc1ccc(-c2cc(=O)[nH]c(NS(=O)(=O)c3ccc(Br)cc3)n2)cc1. The highest BCUT2D eigenvalue weighted by Crippen LogP contribution is 2.21. The van der Waals surface area contributed by atoms with Crippen LogP contribution in [0.2, 0.25) is 0 Å². The molecule has 0 unspecified atom stereocenters. The number of benzene rings is 2. The van der Waals surface area contributed by atoms with Gasteiger partial charge in [0.05, 0.1) is 17.7 Å². The van der Waals surface area contributed by atoms with Gasteiger partial charge in [-0.15, -0.1) is 0 Å².